The molecule has 1 aliphatic rings. The van der Waals surface area contributed by atoms with E-state index in [1.807, 2.05) is 0 Å². The molecule has 0 spiro atoms. The standard InChI is InChI=1S/C12H9N3O3/c1-17-15-10-11(14-7-6-13-10)18-9-5-3-2-4-8(9)12(15)16/h2-7H,1H3. The Bertz CT molecular complexity index is 615. The van der Waals surface area contributed by atoms with E-state index in [0.29, 0.717) is 11.3 Å². The van der Waals surface area contributed by atoms with Crippen LogP contribution in [-0.2, 0) is 4.84 Å². The van der Waals surface area contributed by atoms with E-state index in [1.165, 1.54) is 19.5 Å². The van der Waals surface area contributed by atoms with Crippen molar-refractivity contribution >= 4 is 11.7 Å². The number of aromatic nitrogens is 2. The molecule has 0 aliphatic carbocycles. The lowest BCUT2D eigenvalue weighted by Crippen LogP contribution is -2.29. The second-order valence-electron chi connectivity index (χ2n) is 3.57. The number of hydroxylamine groups is 1. The van der Waals surface area contributed by atoms with E-state index in [9.17, 15) is 4.79 Å². The molecular weight excluding hydrogens is 234 g/mol. The third-order valence-electron chi connectivity index (χ3n) is 2.53. The summed E-state index contributed by atoms with van der Waals surface area (Å²) in [6.45, 7) is 0. The molecule has 0 saturated carbocycles. The smallest absolute Gasteiger partial charge is 0.287 e. The third-order valence-corrected chi connectivity index (χ3v) is 2.53. The molecule has 0 fully saturated rings. The monoisotopic (exact) mass is 243 g/mol. The first-order valence-corrected chi connectivity index (χ1v) is 5.27. The van der Waals surface area contributed by atoms with Crippen molar-refractivity contribution in [1.82, 2.24) is 9.97 Å². The predicted octanol–water partition coefficient (Wildman–Crippen LogP) is 1.79. The first-order chi connectivity index (χ1) is 8.81. The van der Waals surface area contributed by atoms with Crippen LogP contribution in [0.3, 0.4) is 0 Å². The average molecular weight is 243 g/mol. The topological polar surface area (TPSA) is 64.5 Å². The largest absolute Gasteiger partial charge is 0.435 e. The highest BCUT2D eigenvalue weighted by molar-refractivity contribution is 6.07. The van der Waals surface area contributed by atoms with E-state index >= 15 is 0 Å². The van der Waals surface area contributed by atoms with Crippen LogP contribution in [0.25, 0.3) is 0 Å². The molecule has 90 valence electrons. The number of fused-ring (bicyclic) bond motifs is 2. The van der Waals surface area contributed by atoms with Gasteiger partial charge >= 0.3 is 0 Å². The number of nitrogens with zero attached hydrogens (tertiary/aromatic N) is 3. The van der Waals surface area contributed by atoms with Crippen LogP contribution in [0, 0.1) is 0 Å². The van der Waals surface area contributed by atoms with Gasteiger partial charge in [0.2, 0.25) is 5.82 Å². The lowest BCUT2D eigenvalue weighted by atomic mass is 10.2. The molecule has 0 unspecified atom stereocenters. The van der Waals surface area contributed by atoms with Gasteiger partial charge in [-0.25, -0.2) is 9.97 Å². The van der Waals surface area contributed by atoms with E-state index in [4.69, 9.17) is 9.57 Å². The molecule has 3 rings (SSSR count). The quantitative estimate of drug-likeness (QED) is 0.764. The summed E-state index contributed by atoms with van der Waals surface area (Å²) in [5.41, 5.74) is 0.402. The minimum Gasteiger partial charge on any atom is -0.435 e. The fourth-order valence-corrected chi connectivity index (χ4v) is 1.74. The van der Waals surface area contributed by atoms with Crippen molar-refractivity contribution < 1.29 is 14.4 Å². The Morgan fingerprint density at radius 1 is 1.22 bits per heavy atom. The molecule has 1 amide bonds. The van der Waals surface area contributed by atoms with Crippen molar-refractivity contribution in [2.45, 2.75) is 0 Å². The fourth-order valence-electron chi connectivity index (χ4n) is 1.74. The van der Waals surface area contributed by atoms with Crippen molar-refractivity contribution in [3.05, 3.63) is 42.2 Å². The van der Waals surface area contributed by atoms with Gasteiger partial charge in [-0.05, 0) is 12.1 Å². The number of hydrogen-bond acceptors (Lipinski definition) is 5. The second-order valence-corrected chi connectivity index (χ2v) is 3.57. The number of benzene rings is 1. The maximum atomic E-state index is 12.3. The maximum absolute atomic E-state index is 12.3. The van der Waals surface area contributed by atoms with Crippen molar-refractivity contribution in [1.29, 1.82) is 0 Å². The molecule has 6 nitrogen and oxygen atoms in total. The van der Waals surface area contributed by atoms with Gasteiger partial charge in [-0.1, -0.05) is 12.1 Å². The highest BCUT2D eigenvalue weighted by Crippen LogP contribution is 2.35. The van der Waals surface area contributed by atoms with Crippen LogP contribution in [-0.4, -0.2) is 23.0 Å². The zero-order valence-corrected chi connectivity index (χ0v) is 9.53. The van der Waals surface area contributed by atoms with Crippen LogP contribution in [0.1, 0.15) is 10.4 Å². The van der Waals surface area contributed by atoms with E-state index in [1.54, 1.807) is 24.3 Å². The molecular formula is C12H9N3O3. The van der Waals surface area contributed by atoms with Crippen LogP contribution >= 0.6 is 0 Å². The SMILES string of the molecule is CON1C(=O)c2ccccc2Oc2nccnc21. The molecule has 6 heteroatoms. The number of ether oxygens (including phenoxy) is 1. The summed E-state index contributed by atoms with van der Waals surface area (Å²) in [5.74, 6) is 0.565. The molecule has 18 heavy (non-hydrogen) atoms. The summed E-state index contributed by atoms with van der Waals surface area (Å²) in [4.78, 5) is 25.5. The van der Waals surface area contributed by atoms with E-state index in [-0.39, 0.29) is 17.6 Å². The number of carbonyl (C=O) groups excluding carboxylic acids is 1. The van der Waals surface area contributed by atoms with Crippen LogP contribution in [0.15, 0.2) is 36.7 Å². The van der Waals surface area contributed by atoms with Gasteiger partial charge in [0.05, 0.1) is 12.7 Å². The highest BCUT2D eigenvalue weighted by Gasteiger charge is 2.30. The predicted molar refractivity (Wildman–Crippen MR) is 62.4 cm³/mol. The van der Waals surface area contributed by atoms with Crippen LogP contribution in [0.2, 0.25) is 0 Å². The minimum absolute atomic E-state index is 0.234. The molecule has 1 aromatic heterocycles. The molecule has 1 aromatic carbocycles. The summed E-state index contributed by atoms with van der Waals surface area (Å²) in [7, 11) is 1.39. The zero-order chi connectivity index (χ0) is 12.5. The van der Waals surface area contributed by atoms with Crippen LogP contribution in [0.4, 0.5) is 5.82 Å². The van der Waals surface area contributed by atoms with E-state index < -0.39 is 0 Å². The molecule has 0 N–H and O–H groups in total. The normalized spacial score (nSPS) is 13.4. The van der Waals surface area contributed by atoms with Crippen molar-refractivity contribution in [2.75, 3.05) is 12.2 Å². The first-order valence-electron chi connectivity index (χ1n) is 5.27. The lowest BCUT2D eigenvalue weighted by molar-refractivity contribution is 0.0771. The second kappa shape index (κ2) is 4.08. The number of amides is 1. The molecule has 2 aromatic rings. The van der Waals surface area contributed by atoms with Gasteiger partial charge in [-0.15, -0.1) is 0 Å². The summed E-state index contributed by atoms with van der Waals surface area (Å²) in [5, 5.41) is 1.06. The Morgan fingerprint density at radius 2 is 2.00 bits per heavy atom. The van der Waals surface area contributed by atoms with Gasteiger partial charge in [0, 0.05) is 12.4 Å². The Kier molecular flexibility index (Phi) is 2.42. The Morgan fingerprint density at radius 3 is 2.83 bits per heavy atom. The Hall–Kier alpha value is -2.47. The Balaban J connectivity index is 2.23. The molecule has 0 saturated heterocycles. The third kappa shape index (κ3) is 1.51. The van der Waals surface area contributed by atoms with Gasteiger partial charge in [0.25, 0.3) is 11.8 Å². The molecule has 0 atom stereocenters. The molecule has 0 bridgehead atoms. The van der Waals surface area contributed by atoms with Gasteiger partial charge in [-0.3, -0.25) is 9.63 Å². The molecule has 2 heterocycles. The van der Waals surface area contributed by atoms with Crippen molar-refractivity contribution in [3.8, 4) is 11.6 Å². The first kappa shape index (κ1) is 10.7. The summed E-state index contributed by atoms with van der Waals surface area (Å²) < 4.78 is 5.59. The highest BCUT2D eigenvalue weighted by atomic mass is 16.7. The Labute approximate surface area is 103 Å². The fraction of sp³-hybridized carbons (Fsp3) is 0.0833. The van der Waals surface area contributed by atoms with Crippen molar-refractivity contribution in [3.63, 3.8) is 0 Å². The van der Waals surface area contributed by atoms with Gasteiger partial charge in [-0.2, -0.15) is 5.06 Å². The maximum Gasteiger partial charge on any atom is 0.287 e. The van der Waals surface area contributed by atoms with E-state index in [2.05, 4.69) is 9.97 Å². The van der Waals surface area contributed by atoms with Crippen LogP contribution < -0.4 is 9.80 Å². The van der Waals surface area contributed by atoms with Gasteiger partial charge < -0.3 is 4.74 Å². The number of para-hydroxylation sites is 1. The van der Waals surface area contributed by atoms with Crippen LogP contribution in [0.5, 0.6) is 11.6 Å². The average Bonchev–Trinajstić information content (AvgIpc) is 2.53. The van der Waals surface area contributed by atoms with Gasteiger partial charge in [0.15, 0.2) is 0 Å². The number of rotatable bonds is 1. The summed E-state index contributed by atoms with van der Waals surface area (Å²) in [6, 6.07) is 6.90. The summed E-state index contributed by atoms with van der Waals surface area (Å²) >= 11 is 0. The molecule has 0 radical (unpaired) electrons. The van der Waals surface area contributed by atoms with E-state index in [0.717, 1.165) is 5.06 Å². The zero-order valence-electron chi connectivity index (χ0n) is 9.53. The summed E-state index contributed by atoms with van der Waals surface area (Å²) in [6.07, 6.45) is 2.96. The molecule has 1 aliphatic heterocycles. The van der Waals surface area contributed by atoms with Crippen molar-refractivity contribution in [2.24, 2.45) is 0 Å². The van der Waals surface area contributed by atoms with Gasteiger partial charge in [0.1, 0.15) is 5.75 Å². The lowest BCUT2D eigenvalue weighted by Gasteiger charge is -2.16. The number of anilines is 1. The minimum atomic E-state index is -0.340. The number of carbonyl (C=O) groups is 1. The number of hydrogen-bond donors (Lipinski definition) is 0.